The molecule has 2 heterocycles. The Morgan fingerprint density at radius 2 is 2.00 bits per heavy atom. The fourth-order valence-electron chi connectivity index (χ4n) is 2.98. The molecule has 0 aliphatic carbocycles. The molecule has 1 aliphatic rings. The summed E-state index contributed by atoms with van der Waals surface area (Å²) in [7, 11) is 0. The topological polar surface area (TPSA) is 48.7 Å². The Morgan fingerprint density at radius 1 is 1.23 bits per heavy atom. The van der Waals surface area contributed by atoms with E-state index in [0.717, 1.165) is 62.5 Å². The standard InChI is InChI=1S/C18H25ClN6.HI/c1-2-21-18(22-8-10-23-9-7-20-15-23)25-13-11-24(12-14-25)17-6-4-3-5-16(17)19;/h3-7,9,15H,2,8,10-14H2,1H3,(H,21,22);1H. The van der Waals surface area contributed by atoms with Gasteiger partial charge in [0.05, 0.1) is 23.6 Å². The Hall–Kier alpha value is -1.48. The third-order valence-electron chi connectivity index (χ3n) is 4.29. The molecule has 0 bridgehead atoms. The number of para-hydroxylation sites is 1. The average Bonchev–Trinajstić information content (AvgIpc) is 3.15. The minimum absolute atomic E-state index is 0. The fraction of sp³-hybridized carbons (Fsp3) is 0.444. The van der Waals surface area contributed by atoms with Crippen molar-refractivity contribution in [1.29, 1.82) is 0 Å². The maximum absolute atomic E-state index is 6.32. The predicted molar refractivity (Wildman–Crippen MR) is 119 cm³/mol. The minimum atomic E-state index is 0. The number of piperazine rings is 1. The zero-order valence-corrected chi connectivity index (χ0v) is 18.1. The van der Waals surface area contributed by atoms with Crippen molar-refractivity contribution in [2.45, 2.75) is 13.5 Å². The number of nitrogens with one attached hydrogen (secondary N) is 1. The smallest absolute Gasteiger partial charge is 0.194 e. The van der Waals surface area contributed by atoms with E-state index in [1.807, 2.05) is 35.3 Å². The second-order valence-corrected chi connectivity index (χ2v) is 6.37. The van der Waals surface area contributed by atoms with Crippen LogP contribution in [0.1, 0.15) is 6.92 Å². The summed E-state index contributed by atoms with van der Waals surface area (Å²) in [5.74, 6) is 0.987. The summed E-state index contributed by atoms with van der Waals surface area (Å²) in [6, 6.07) is 8.04. The van der Waals surface area contributed by atoms with Gasteiger partial charge in [0.2, 0.25) is 0 Å². The SMILES string of the molecule is CCNC(=NCCn1ccnc1)N1CCN(c2ccccc2Cl)CC1.I. The monoisotopic (exact) mass is 488 g/mol. The molecule has 2 aromatic rings. The summed E-state index contributed by atoms with van der Waals surface area (Å²) in [6.45, 7) is 8.30. The first-order valence-corrected chi connectivity index (χ1v) is 9.14. The molecule has 8 heteroatoms. The van der Waals surface area contributed by atoms with Crippen molar-refractivity contribution in [2.24, 2.45) is 4.99 Å². The summed E-state index contributed by atoms with van der Waals surface area (Å²) in [5, 5.41) is 4.22. The van der Waals surface area contributed by atoms with E-state index >= 15 is 0 Å². The van der Waals surface area contributed by atoms with Crippen molar-refractivity contribution < 1.29 is 0 Å². The third kappa shape index (κ3) is 5.51. The summed E-state index contributed by atoms with van der Waals surface area (Å²) < 4.78 is 2.04. The zero-order chi connectivity index (χ0) is 17.5. The normalized spacial score (nSPS) is 14.9. The maximum Gasteiger partial charge on any atom is 0.194 e. The number of rotatable bonds is 5. The molecule has 3 rings (SSSR count). The van der Waals surface area contributed by atoms with Gasteiger partial charge in [0.25, 0.3) is 0 Å². The number of benzene rings is 1. The number of hydrogen-bond donors (Lipinski definition) is 1. The number of anilines is 1. The van der Waals surface area contributed by atoms with Gasteiger partial charge in [0, 0.05) is 51.7 Å². The molecule has 142 valence electrons. The first-order chi connectivity index (χ1) is 12.3. The van der Waals surface area contributed by atoms with Crippen LogP contribution in [0.5, 0.6) is 0 Å². The highest BCUT2D eigenvalue weighted by Crippen LogP contribution is 2.25. The van der Waals surface area contributed by atoms with Crippen LogP contribution >= 0.6 is 35.6 Å². The molecule has 0 atom stereocenters. The summed E-state index contributed by atoms with van der Waals surface area (Å²) in [4.78, 5) is 13.5. The van der Waals surface area contributed by atoms with Gasteiger partial charge >= 0.3 is 0 Å². The number of imidazole rings is 1. The molecule has 1 N–H and O–H groups in total. The largest absolute Gasteiger partial charge is 0.367 e. The number of nitrogens with zero attached hydrogens (tertiary/aromatic N) is 5. The predicted octanol–water partition coefficient (Wildman–Crippen LogP) is 2.94. The lowest BCUT2D eigenvalue weighted by Crippen LogP contribution is -2.52. The fourth-order valence-corrected chi connectivity index (χ4v) is 3.24. The molecule has 1 aliphatic heterocycles. The van der Waals surface area contributed by atoms with Gasteiger partial charge in [0.15, 0.2) is 5.96 Å². The molecule has 1 aromatic heterocycles. The van der Waals surface area contributed by atoms with Crippen LogP contribution in [-0.4, -0.2) is 59.7 Å². The summed E-state index contributed by atoms with van der Waals surface area (Å²) in [5.41, 5.74) is 1.12. The lowest BCUT2D eigenvalue weighted by atomic mass is 10.2. The van der Waals surface area contributed by atoms with Crippen molar-refractivity contribution in [3.8, 4) is 0 Å². The number of aliphatic imine (C=N–C) groups is 1. The Balaban J connectivity index is 0.00000243. The van der Waals surface area contributed by atoms with Crippen molar-refractivity contribution in [3.63, 3.8) is 0 Å². The van der Waals surface area contributed by atoms with E-state index in [4.69, 9.17) is 16.6 Å². The lowest BCUT2D eigenvalue weighted by molar-refractivity contribution is 0.372. The molecule has 1 fully saturated rings. The average molecular weight is 489 g/mol. The van der Waals surface area contributed by atoms with Gasteiger partial charge in [-0.3, -0.25) is 4.99 Å². The minimum Gasteiger partial charge on any atom is -0.367 e. The number of halogens is 2. The molecule has 0 amide bonds. The summed E-state index contributed by atoms with van der Waals surface area (Å²) in [6.07, 6.45) is 5.58. The Labute approximate surface area is 177 Å². The van der Waals surface area contributed by atoms with Crippen LogP contribution < -0.4 is 10.2 Å². The molecule has 0 saturated carbocycles. The maximum atomic E-state index is 6.32. The molecule has 0 spiro atoms. The van der Waals surface area contributed by atoms with E-state index in [1.54, 1.807) is 6.20 Å². The van der Waals surface area contributed by atoms with E-state index in [0.29, 0.717) is 0 Å². The molecule has 6 nitrogen and oxygen atoms in total. The van der Waals surface area contributed by atoms with Crippen molar-refractivity contribution in [2.75, 3.05) is 44.2 Å². The molecular weight excluding hydrogens is 463 g/mol. The molecular formula is C18H26ClIN6. The quantitative estimate of drug-likeness (QED) is 0.399. The van der Waals surface area contributed by atoms with Crippen LogP contribution in [-0.2, 0) is 6.54 Å². The van der Waals surface area contributed by atoms with Gasteiger partial charge in [-0.1, -0.05) is 23.7 Å². The van der Waals surface area contributed by atoms with Crippen molar-refractivity contribution in [3.05, 3.63) is 48.0 Å². The number of hydrogen-bond acceptors (Lipinski definition) is 3. The lowest BCUT2D eigenvalue weighted by Gasteiger charge is -2.38. The van der Waals surface area contributed by atoms with Crippen LogP contribution in [0, 0.1) is 0 Å². The summed E-state index contributed by atoms with van der Waals surface area (Å²) >= 11 is 6.32. The molecule has 0 radical (unpaired) electrons. The number of aromatic nitrogens is 2. The van der Waals surface area contributed by atoms with Gasteiger partial charge in [0.1, 0.15) is 0 Å². The van der Waals surface area contributed by atoms with Crippen LogP contribution in [0.25, 0.3) is 0 Å². The van der Waals surface area contributed by atoms with Gasteiger partial charge in [-0.05, 0) is 19.1 Å². The Bertz CT molecular complexity index is 683. The zero-order valence-electron chi connectivity index (χ0n) is 15.0. The van der Waals surface area contributed by atoms with Crippen LogP contribution in [0.3, 0.4) is 0 Å². The van der Waals surface area contributed by atoms with Crippen LogP contribution in [0.15, 0.2) is 48.0 Å². The van der Waals surface area contributed by atoms with Crippen LogP contribution in [0.4, 0.5) is 5.69 Å². The second kappa shape index (κ2) is 10.6. The van der Waals surface area contributed by atoms with E-state index in [9.17, 15) is 0 Å². The van der Waals surface area contributed by atoms with Gasteiger partial charge < -0.3 is 19.7 Å². The van der Waals surface area contributed by atoms with Gasteiger partial charge in [-0.25, -0.2) is 4.98 Å². The molecule has 26 heavy (non-hydrogen) atoms. The first kappa shape index (κ1) is 20.8. The third-order valence-corrected chi connectivity index (χ3v) is 4.61. The molecule has 0 unspecified atom stereocenters. The van der Waals surface area contributed by atoms with E-state index in [2.05, 4.69) is 33.1 Å². The van der Waals surface area contributed by atoms with Crippen molar-refractivity contribution >= 4 is 47.2 Å². The Morgan fingerprint density at radius 3 is 2.65 bits per heavy atom. The number of guanidine groups is 1. The van der Waals surface area contributed by atoms with Gasteiger partial charge in [-0.15, -0.1) is 24.0 Å². The second-order valence-electron chi connectivity index (χ2n) is 5.96. The van der Waals surface area contributed by atoms with Crippen molar-refractivity contribution in [1.82, 2.24) is 19.8 Å². The van der Waals surface area contributed by atoms with Crippen LogP contribution in [0.2, 0.25) is 5.02 Å². The highest BCUT2D eigenvalue weighted by atomic mass is 127. The highest BCUT2D eigenvalue weighted by molar-refractivity contribution is 14.0. The molecule has 1 aromatic carbocycles. The highest BCUT2D eigenvalue weighted by Gasteiger charge is 2.20. The van der Waals surface area contributed by atoms with E-state index < -0.39 is 0 Å². The first-order valence-electron chi connectivity index (χ1n) is 8.76. The Kier molecular flexibility index (Phi) is 8.50. The van der Waals surface area contributed by atoms with E-state index in [1.165, 1.54) is 0 Å². The van der Waals surface area contributed by atoms with E-state index in [-0.39, 0.29) is 24.0 Å². The molecule has 1 saturated heterocycles. The van der Waals surface area contributed by atoms with Gasteiger partial charge in [-0.2, -0.15) is 0 Å².